The second kappa shape index (κ2) is 16.8. The molecule has 2 heteroatoms. The van der Waals surface area contributed by atoms with Gasteiger partial charge >= 0.3 is 0 Å². The third kappa shape index (κ3) is 7.01. The summed E-state index contributed by atoms with van der Waals surface area (Å²) in [6.07, 6.45) is 10.7. The molecule has 12 aromatic rings. The van der Waals surface area contributed by atoms with Crippen molar-refractivity contribution in [3.63, 3.8) is 0 Å². The molecule has 14 rings (SSSR count). The number of fused-ring (bicyclic) bond motifs is 4. The van der Waals surface area contributed by atoms with E-state index in [1.54, 1.807) is 0 Å². The minimum atomic E-state index is -0.0122. The summed E-state index contributed by atoms with van der Waals surface area (Å²) in [5.74, 6) is 0.532. The van der Waals surface area contributed by atoms with Crippen LogP contribution in [0.15, 0.2) is 231 Å². The summed E-state index contributed by atoms with van der Waals surface area (Å²) in [6.45, 7) is 2.33. The van der Waals surface area contributed by atoms with Gasteiger partial charge in [-0.3, -0.25) is 0 Å². The molecule has 2 aliphatic carbocycles. The molecule has 3 atom stereocenters. The topological polar surface area (TPSA) is 15.3 Å². The zero-order chi connectivity index (χ0) is 47.0. The Kier molecular flexibility index (Phi) is 9.74. The molecular weight excluding hydrogens is 857 g/mol. The third-order valence-electron chi connectivity index (χ3n) is 15.5. The maximum absolute atomic E-state index is 4.11. The molecule has 0 heterocycles. The highest BCUT2D eigenvalue weighted by atomic mass is 15.1. The van der Waals surface area contributed by atoms with Crippen molar-refractivity contribution >= 4 is 94.8 Å². The van der Waals surface area contributed by atoms with Gasteiger partial charge in [-0.05, 0) is 153 Å². The van der Waals surface area contributed by atoms with Gasteiger partial charge in [0.15, 0.2) is 0 Å². The largest absolute Gasteiger partial charge is 0.378 e. The number of anilines is 4. The van der Waals surface area contributed by atoms with Gasteiger partial charge in [0, 0.05) is 33.8 Å². The first kappa shape index (κ1) is 41.3. The van der Waals surface area contributed by atoms with Crippen LogP contribution < -0.4 is 20.7 Å². The second-order valence-electron chi connectivity index (χ2n) is 19.7. The molecule has 0 amide bonds. The van der Waals surface area contributed by atoms with E-state index >= 15 is 0 Å². The minimum Gasteiger partial charge on any atom is -0.378 e. The molecule has 2 aliphatic rings. The second-order valence-corrected chi connectivity index (χ2v) is 19.7. The Labute approximate surface area is 414 Å². The fraction of sp³-hybridized carbons (Fsp3) is 0.0725. The van der Waals surface area contributed by atoms with Crippen molar-refractivity contribution in [3.8, 4) is 22.3 Å². The lowest BCUT2D eigenvalue weighted by Gasteiger charge is -2.31. The summed E-state index contributed by atoms with van der Waals surface area (Å²) < 4.78 is 0. The van der Waals surface area contributed by atoms with Crippen molar-refractivity contribution in [2.24, 2.45) is 0 Å². The van der Waals surface area contributed by atoms with Crippen molar-refractivity contribution in [1.29, 1.82) is 0 Å². The van der Waals surface area contributed by atoms with Crippen molar-refractivity contribution in [1.82, 2.24) is 0 Å². The van der Waals surface area contributed by atoms with Gasteiger partial charge in [0.05, 0.1) is 11.7 Å². The van der Waals surface area contributed by atoms with Crippen LogP contribution in [0.2, 0.25) is 0 Å². The molecule has 0 saturated carbocycles. The number of allylic oxidation sites excluding steroid dienone is 1. The fourth-order valence-corrected chi connectivity index (χ4v) is 12.0. The van der Waals surface area contributed by atoms with Crippen LogP contribution in [0.4, 0.5) is 22.7 Å². The maximum Gasteiger partial charge on any atom is 0.0557 e. The van der Waals surface area contributed by atoms with Crippen LogP contribution in [0.5, 0.6) is 0 Å². The van der Waals surface area contributed by atoms with Crippen molar-refractivity contribution in [2.45, 2.75) is 31.2 Å². The number of rotatable bonds is 8. The Morgan fingerprint density at radius 1 is 0.437 bits per heavy atom. The van der Waals surface area contributed by atoms with E-state index in [1.165, 1.54) is 103 Å². The van der Waals surface area contributed by atoms with E-state index in [2.05, 4.69) is 266 Å². The molecule has 12 aromatic carbocycles. The van der Waals surface area contributed by atoms with E-state index in [0.29, 0.717) is 5.92 Å². The lowest BCUT2D eigenvalue weighted by Crippen LogP contribution is -2.37. The molecule has 3 unspecified atom stereocenters. The zero-order valence-electron chi connectivity index (χ0n) is 39.6. The van der Waals surface area contributed by atoms with E-state index in [9.17, 15) is 0 Å². The van der Waals surface area contributed by atoms with Gasteiger partial charge in [-0.25, -0.2) is 0 Å². The van der Waals surface area contributed by atoms with E-state index in [1.807, 2.05) is 0 Å². The molecule has 0 fully saturated rings. The molecule has 1 N–H and O–H groups in total. The van der Waals surface area contributed by atoms with Gasteiger partial charge in [0.1, 0.15) is 0 Å². The highest BCUT2D eigenvalue weighted by Gasteiger charge is 2.29. The molecule has 0 radical (unpaired) electrons. The number of nitrogens with zero attached hydrogens (tertiary/aromatic N) is 1. The lowest BCUT2D eigenvalue weighted by atomic mass is 9.79. The smallest absolute Gasteiger partial charge is 0.0557 e. The molecular formula is C69H50N2. The summed E-state index contributed by atoms with van der Waals surface area (Å²) in [7, 11) is 0. The quantitative estimate of drug-likeness (QED) is 0.153. The third-order valence-corrected chi connectivity index (χ3v) is 15.5. The SMILES string of the molecule is CC1CC=Cc2cc(NC3C=c4ccccc4=CC3c3cc(-c4ccccc4)c4ccc5c(N(c6ccc7ccccc7c6)c6ccc7ccccc7c6)cc(-c6ccccc6)c6ccc3c4c65)ccc21. The summed E-state index contributed by atoms with van der Waals surface area (Å²) in [5.41, 5.74) is 13.4. The molecule has 2 nitrogen and oxygen atoms in total. The average molecular weight is 907 g/mol. The molecule has 71 heavy (non-hydrogen) atoms. The lowest BCUT2D eigenvalue weighted by molar-refractivity contribution is 0.771. The Bertz CT molecular complexity index is 4130. The minimum absolute atomic E-state index is 0.0122. The predicted octanol–water partition coefficient (Wildman–Crippen LogP) is 17.1. The van der Waals surface area contributed by atoms with Gasteiger partial charge < -0.3 is 10.2 Å². The zero-order valence-corrected chi connectivity index (χ0v) is 39.6. The van der Waals surface area contributed by atoms with Gasteiger partial charge in [0.25, 0.3) is 0 Å². The normalized spacial score (nSPS) is 16.2. The van der Waals surface area contributed by atoms with Crippen LogP contribution in [-0.4, -0.2) is 6.04 Å². The van der Waals surface area contributed by atoms with E-state index in [4.69, 9.17) is 0 Å². The van der Waals surface area contributed by atoms with Crippen LogP contribution in [0.1, 0.15) is 41.9 Å². The number of benzene rings is 12. The van der Waals surface area contributed by atoms with Gasteiger partial charge in [-0.2, -0.15) is 0 Å². The van der Waals surface area contributed by atoms with Crippen LogP contribution >= 0.6 is 0 Å². The Morgan fingerprint density at radius 3 is 1.65 bits per heavy atom. The number of hydrogen-bond acceptors (Lipinski definition) is 2. The molecule has 0 saturated heterocycles. The summed E-state index contributed by atoms with van der Waals surface area (Å²) in [4.78, 5) is 2.51. The summed E-state index contributed by atoms with van der Waals surface area (Å²) in [5, 5.41) is 19.1. The maximum atomic E-state index is 4.11. The van der Waals surface area contributed by atoms with Crippen LogP contribution in [0.3, 0.4) is 0 Å². The first-order valence-electron chi connectivity index (χ1n) is 25.1. The number of nitrogens with one attached hydrogen (secondary N) is 1. The highest BCUT2D eigenvalue weighted by molar-refractivity contribution is 6.31. The van der Waals surface area contributed by atoms with Crippen molar-refractivity contribution in [2.75, 3.05) is 10.2 Å². The van der Waals surface area contributed by atoms with Crippen LogP contribution in [0.25, 0.3) is 94.3 Å². The van der Waals surface area contributed by atoms with E-state index in [0.717, 1.165) is 29.2 Å². The van der Waals surface area contributed by atoms with Crippen molar-refractivity contribution < 1.29 is 0 Å². The molecule has 0 aliphatic heterocycles. The highest BCUT2D eigenvalue weighted by Crippen LogP contribution is 2.51. The Balaban J connectivity index is 1.07. The monoisotopic (exact) mass is 906 g/mol. The van der Waals surface area contributed by atoms with E-state index < -0.39 is 0 Å². The van der Waals surface area contributed by atoms with Gasteiger partial charge in [0.2, 0.25) is 0 Å². The van der Waals surface area contributed by atoms with E-state index in [-0.39, 0.29) is 12.0 Å². The summed E-state index contributed by atoms with van der Waals surface area (Å²) >= 11 is 0. The molecule has 0 aromatic heterocycles. The molecule has 0 bridgehead atoms. The summed E-state index contributed by atoms with van der Waals surface area (Å²) in [6, 6.07) is 83.8. The Morgan fingerprint density at radius 2 is 0.986 bits per heavy atom. The molecule has 336 valence electrons. The van der Waals surface area contributed by atoms with Crippen LogP contribution in [0, 0.1) is 0 Å². The predicted molar refractivity (Wildman–Crippen MR) is 304 cm³/mol. The average Bonchev–Trinajstić information content (AvgIpc) is 3.43. The first-order chi connectivity index (χ1) is 35.1. The van der Waals surface area contributed by atoms with Gasteiger partial charge in [-0.15, -0.1) is 0 Å². The van der Waals surface area contributed by atoms with Gasteiger partial charge in [-0.1, -0.05) is 207 Å². The Hall–Kier alpha value is -8.72. The van der Waals surface area contributed by atoms with Crippen molar-refractivity contribution in [3.05, 3.63) is 258 Å². The first-order valence-corrected chi connectivity index (χ1v) is 25.1. The molecule has 0 spiro atoms. The van der Waals surface area contributed by atoms with Crippen LogP contribution in [-0.2, 0) is 0 Å². The standard InChI is InChI=1S/C69H50N2/c1-44-15-14-26-53-37-54(29-32-57(44)53)70-66-41-52-25-13-12-24-51(52)40-65(66)64-42-62(47-18-4-2-5-19-47)58-35-36-61-67(43-63(48-20-6-3-7-21-48)59-33-34-60(64)68(58)69(59)61)71(55-30-27-45-16-8-10-22-49(45)38-55)56-31-28-46-17-9-11-23-50(46)39-56/h2-14,16-44,65-66,70H,15H2,1H3. The fourth-order valence-electron chi connectivity index (χ4n) is 12.0. The number of hydrogen-bond donors (Lipinski definition) is 1.